The lowest BCUT2D eigenvalue weighted by molar-refractivity contribution is -0.122. The van der Waals surface area contributed by atoms with Crippen molar-refractivity contribution in [2.24, 2.45) is 5.92 Å². The van der Waals surface area contributed by atoms with Crippen LogP contribution < -0.4 is 5.32 Å². The van der Waals surface area contributed by atoms with E-state index in [-0.39, 0.29) is 11.8 Å². The molecule has 0 bridgehead atoms. The van der Waals surface area contributed by atoms with Crippen molar-refractivity contribution in [3.8, 4) is 11.1 Å². The molecule has 3 nitrogen and oxygen atoms in total. The monoisotopic (exact) mass is 315 g/mol. The number of nitrogens with one attached hydrogen (secondary N) is 1. The van der Waals surface area contributed by atoms with E-state index in [0.717, 1.165) is 29.7 Å². The van der Waals surface area contributed by atoms with Crippen molar-refractivity contribution in [3.05, 3.63) is 53.6 Å². The van der Waals surface area contributed by atoms with Crippen LogP contribution in [0.1, 0.15) is 12.8 Å². The fourth-order valence-corrected chi connectivity index (χ4v) is 2.75. The molecular formula is C18H18ClNO2. The second-order valence-corrected chi connectivity index (χ2v) is 5.90. The Balaban J connectivity index is 1.73. The third-order valence-corrected chi connectivity index (χ3v) is 4.15. The quantitative estimate of drug-likeness (QED) is 0.913. The number of carbonyl (C=O) groups excluding carboxylic acids is 1. The summed E-state index contributed by atoms with van der Waals surface area (Å²) in [6.45, 7) is 1.34. The van der Waals surface area contributed by atoms with Crippen LogP contribution in [0.4, 0.5) is 5.69 Å². The fourth-order valence-electron chi connectivity index (χ4n) is 2.62. The molecule has 0 atom stereocenters. The van der Waals surface area contributed by atoms with E-state index in [4.69, 9.17) is 16.3 Å². The molecule has 3 rings (SSSR count). The first-order valence-electron chi connectivity index (χ1n) is 7.47. The van der Waals surface area contributed by atoms with Gasteiger partial charge in [-0.15, -0.1) is 0 Å². The van der Waals surface area contributed by atoms with Crippen molar-refractivity contribution >= 4 is 23.2 Å². The van der Waals surface area contributed by atoms with Crippen molar-refractivity contribution in [1.29, 1.82) is 0 Å². The van der Waals surface area contributed by atoms with Crippen LogP contribution in [0.25, 0.3) is 11.1 Å². The Morgan fingerprint density at radius 2 is 1.77 bits per heavy atom. The molecule has 0 aromatic heterocycles. The van der Waals surface area contributed by atoms with Crippen molar-refractivity contribution < 1.29 is 9.53 Å². The highest BCUT2D eigenvalue weighted by atomic mass is 35.5. The van der Waals surface area contributed by atoms with Gasteiger partial charge in [0.1, 0.15) is 0 Å². The highest BCUT2D eigenvalue weighted by molar-refractivity contribution is 6.30. The first kappa shape index (κ1) is 15.1. The fraction of sp³-hybridized carbons (Fsp3) is 0.278. The molecule has 4 heteroatoms. The van der Waals surface area contributed by atoms with Gasteiger partial charge in [-0.3, -0.25) is 4.79 Å². The van der Waals surface area contributed by atoms with Gasteiger partial charge in [0.25, 0.3) is 0 Å². The molecule has 1 N–H and O–H groups in total. The number of amides is 1. The van der Waals surface area contributed by atoms with E-state index in [2.05, 4.69) is 5.32 Å². The molecule has 0 saturated carbocycles. The van der Waals surface area contributed by atoms with Crippen LogP contribution in [0, 0.1) is 5.92 Å². The molecule has 2 aromatic rings. The molecule has 0 spiro atoms. The lowest BCUT2D eigenvalue weighted by Gasteiger charge is -2.21. The van der Waals surface area contributed by atoms with Crippen molar-refractivity contribution in [2.45, 2.75) is 12.8 Å². The molecule has 1 fully saturated rings. The van der Waals surface area contributed by atoms with Crippen molar-refractivity contribution in [1.82, 2.24) is 0 Å². The molecule has 114 valence electrons. The smallest absolute Gasteiger partial charge is 0.227 e. The van der Waals surface area contributed by atoms with Crippen LogP contribution in [0.5, 0.6) is 0 Å². The van der Waals surface area contributed by atoms with Gasteiger partial charge in [-0.05, 0) is 48.2 Å². The minimum absolute atomic E-state index is 0.0490. The first-order valence-corrected chi connectivity index (χ1v) is 7.85. The zero-order chi connectivity index (χ0) is 15.4. The summed E-state index contributed by atoms with van der Waals surface area (Å²) in [6.07, 6.45) is 1.59. The number of rotatable bonds is 3. The van der Waals surface area contributed by atoms with Gasteiger partial charge >= 0.3 is 0 Å². The zero-order valence-corrected chi connectivity index (χ0v) is 13.0. The third-order valence-electron chi connectivity index (χ3n) is 3.90. The minimum Gasteiger partial charge on any atom is -0.381 e. The topological polar surface area (TPSA) is 38.3 Å². The van der Waals surface area contributed by atoms with E-state index in [1.165, 1.54) is 0 Å². The highest BCUT2D eigenvalue weighted by Crippen LogP contribution is 2.25. The van der Waals surface area contributed by atoms with E-state index >= 15 is 0 Å². The maximum Gasteiger partial charge on any atom is 0.227 e. The standard InChI is InChI=1S/C18H18ClNO2/c19-16-6-4-13(5-7-16)15-2-1-3-17(12-15)20-18(21)14-8-10-22-11-9-14/h1-7,12,14H,8-11H2,(H,20,21). The number of ether oxygens (including phenoxy) is 1. The summed E-state index contributed by atoms with van der Waals surface area (Å²) in [5, 5.41) is 3.73. The Bertz CT molecular complexity index is 648. The Morgan fingerprint density at radius 1 is 1.05 bits per heavy atom. The molecule has 0 aliphatic carbocycles. The van der Waals surface area contributed by atoms with Gasteiger partial charge in [0, 0.05) is 29.8 Å². The molecule has 1 heterocycles. The van der Waals surface area contributed by atoms with E-state index in [0.29, 0.717) is 18.2 Å². The number of anilines is 1. The lowest BCUT2D eigenvalue weighted by atomic mass is 9.99. The first-order chi connectivity index (χ1) is 10.7. The van der Waals surface area contributed by atoms with Gasteiger partial charge in [-0.2, -0.15) is 0 Å². The molecular weight excluding hydrogens is 298 g/mol. The van der Waals surface area contributed by atoms with Crippen molar-refractivity contribution in [3.63, 3.8) is 0 Å². The van der Waals surface area contributed by atoms with E-state index in [1.54, 1.807) is 0 Å². The Hall–Kier alpha value is -1.84. The molecule has 1 aliphatic rings. The van der Waals surface area contributed by atoms with E-state index < -0.39 is 0 Å². The Morgan fingerprint density at radius 3 is 2.50 bits per heavy atom. The van der Waals surface area contributed by atoms with E-state index in [1.807, 2.05) is 48.5 Å². The second kappa shape index (κ2) is 6.95. The summed E-state index contributed by atoms with van der Waals surface area (Å²) in [5.41, 5.74) is 2.96. The van der Waals surface area contributed by atoms with Gasteiger partial charge < -0.3 is 10.1 Å². The van der Waals surface area contributed by atoms with Gasteiger partial charge in [0.2, 0.25) is 5.91 Å². The van der Waals surface area contributed by atoms with Gasteiger partial charge in [0.05, 0.1) is 0 Å². The maximum absolute atomic E-state index is 12.3. The SMILES string of the molecule is O=C(Nc1cccc(-c2ccc(Cl)cc2)c1)C1CCOCC1. The van der Waals surface area contributed by atoms with Crippen LogP contribution in [-0.4, -0.2) is 19.1 Å². The summed E-state index contributed by atoms with van der Waals surface area (Å²) < 4.78 is 5.30. The predicted octanol–water partition coefficient (Wildman–Crippen LogP) is 4.37. The lowest BCUT2D eigenvalue weighted by Crippen LogP contribution is -2.28. The van der Waals surface area contributed by atoms with Crippen LogP contribution >= 0.6 is 11.6 Å². The molecule has 0 radical (unpaired) electrons. The van der Waals surface area contributed by atoms with Gasteiger partial charge in [-0.25, -0.2) is 0 Å². The number of hydrogen-bond donors (Lipinski definition) is 1. The minimum atomic E-state index is 0.0490. The number of hydrogen-bond acceptors (Lipinski definition) is 2. The van der Waals surface area contributed by atoms with Crippen LogP contribution in [0.2, 0.25) is 5.02 Å². The number of benzene rings is 2. The summed E-state index contributed by atoms with van der Waals surface area (Å²) in [5.74, 6) is 0.129. The van der Waals surface area contributed by atoms with Gasteiger partial charge in [-0.1, -0.05) is 35.9 Å². The van der Waals surface area contributed by atoms with Crippen molar-refractivity contribution in [2.75, 3.05) is 18.5 Å². The van der Waals surface area contributed by atoms with Crippen LogP contribution in [-0.2, 0) is 9.53 Å². The molecule has 1 amide bonds. The molecule has 1 saturated heterocycles. The van der Waals surface area contributed by atoms with Crippen LogP contribution in [0.3, 0.4) is 0 Å². The van der Waals surface area contributed by atoms with E-state index in [9.17, 15) is 4.79 Å². The highest BCUT2D eigenvalue weighted by Gasteiger charge is 2.21. The molecule has 22 heavy (non-hydrogen) atoms. The summed E-state index contributed by atoms with van der Waals surface area (Å²) in [7, 11) is 0. The van der Waals surface area contributed by atoms with Gasteiger partial charge in [0.15, 0.2) is 0 Å². The molecule has 0 unspecified atom stereocenters. The Kier molecular flexibility index (Phi) is 4.76. The second-order valence-electron chi connectivity index (χ2n) is 5.46. The molecule has 1 aliphatic heterocycles. The average molecular weight is 316 g/mol. The number of halogens is 1. The summed E-state index contributed by atoms with van der Waals surface area (Å²) >= 11 is 5.92. The summed E-state index contributed by atoms with van der Waals surface area (Å²) in [4.78, 5) is 12.3. The third kappa shape index (κ3) is 3.67. The Labute approximate surface area is 135 Å². The predicted molar refractivity (Wildman–Crippen MR) is 89.1 cm³/mol. The van der Waals surface area contributed by atoms with Crippen LogP contribution in [0.15, 0.2) is 48.5 Å². The molecule has 2 aromatic carbocycles. The zero-order valence-electron chi connectivity index (χ0n) is 12.2. The average Bonchev–Trinajstić information content (AvgIpc) is 2.56. The normalized spacial score (nSPS) is 15.5. The maximum atomic E-state index is 12.3. The largest absolute Gasteiger partial charge is 0.381 e. The summed E-state index contributed by atoms with van der Waals surface area (Å²) in [6, 6.07) is 15.5. The number of carbonyl (C=O) groups is 1.